The third-order valence-corrected chi connectivity index (χ3v) is 3.81. The standard InChI is InChI=1S/C19H16ClFN4O/c20-14-4-1-3-13(9-14)7-8-22-18-12-23-17(11-24-18)19(26)25-16-6-2-5-15(21)10-16/h1-6,9-12H,7-8H2,(H,22,24)(H,25,26). The monoisotopic (exact) mass is 370 g/mol. The van der Waals surface area contributed by atoms with Crippen LogP contribution >= 0.6 is 11.6 Å². The number of amides is 1. The Balaban J connectivity index is 1.53. The van der Waals surface area contributed by atoms with E-state index in [9.17, 15) is 9.18 Å². The maximum Gasteiger partial charge on any atom is 0.275 e. The van der Waals surface area contributed by atoms with E-state index >= 15 is 0 Å². The predicted molar refractivity (Wildman–Crippen MR) is 100 cm³/mol. The van der Waals surface area contributed by atoms with E-state index in [-0.39, 0.29) is 5.69 Å². The van der Waals surface area contributed by atoms with Crippen LogP contribution in [0.3, 0.4) is 0 Å². The van der Waals surface area contributed by atoms with Gasteiger partial charge in [0.1, 0.15) is 17.3 Å². The summed E-state index contributed by atoms with van der Waals surface area (Å²) < 4.78 is 13.1. The summed E-state index contributed by atoms with van der Waals surface area (Å²) in [6.45, 7) is 0.657. The molecule has 0 saturated heterocycles. The van der Waals surface area contributed by atoms with Crippen molar-refractivity contribution in [3.05, 3.63) is 83.0 Å². The number of hydrogen-bond donors (Lipinski definition) is 2. The van der Waals surface area contributed by atoms with Crippen molar-refractivity contribution >= 4 is 29.0 Å². The van der Waals surface area contributed by atoms with Crippen LogP contribution in [0.2, 0.25) is 5.02 Å². The molecule has 5 nitrogen and oxygen atoms in total. The second kappa shape index (κ2) is 8.40. The van der Waals surface area contributed by atoms with Crippen LogP contribution in [0.25, 0.3) is 0 Å². The highest BCUT2D eigenvalue weighted by atomic mass is 35.5. The minimum absolute atomic E-state index is 0.148. The Morgan fingerprint density at radius 3 is 2.65 bits per heavy atom. The molecule has 0 aliphatic heterocycles. The van der Waals surface area contributed by atoms with E-state index in [0.717, 1.165) is 12.0 Å². The van der Waals surface area contributed by atoms with Crippen LogP contribution in [0, 0.1) is 5.82 Å². The van der Waals surface area contributed by atoms with Gasteiger partial charge in [0.05, 0.1) is 12.4 Å². The molecule has 3 rings (SSSR count). The lowest BCUT2D eigenvalue weighted by Crippen LogP contribution is -2.15. The molecular weight excluding hydrogens is 355 g/mol. The number of hydrogen-bond acceptors (Lipinski definition) is 4. The number of anilines is 2. The number of rotatable bonds is 6. The molecule has 0 spiro atoms. The quantitative estimate of drug-likeness (QED) is 0.683. The predicted octanol–water partition coefficient (Wildman–Crippen LogP) is 4.18. The number of nitrogens with zero attached hydrogens (tertiary/aromatic N) is 2. The van der Waals surface area contributed by atoms with Gasteiger partial charge in [0.25, 0.3) is 5.91 Å². The summed E-state index contributed by atoms with van der Waals surface area (Å²) >= 11 is 5.95. The molecule has 0 bridgehead atoms. The highest BCUT2D eigenvalue weighted by Crippen LogP contribution is 2.12. The molecule has 26 heavy (non-hydrogen) atoms. The molecule has 0 aliphatic carbocycles. The smallest absolute Gasteiger partial charge is 0.275 e. The van der Waals surface area contributed by atoms with E-state index in [1.165, 1.54) is 30.6 Å². The van der Waals surface area contributed by atoms with Crippen LogP contribution in [0.15, 0.2) is 60.9 Å². The Morgan fingerprint density at radius 2 is 1.92 bits per heavy atom. The van der Waals surface area contributed by atoms with E-state index in [2.05, 4.69) is 20.6 Å². The topological polar surface area (TPSA) is 66.9 Å². The third-order valence-electron chi connectivity index (χ3n) is 3.58. The third kappa shape index (κ3) is 5.00. The van der Waals surface area contributed by atoms with Gasteiger partial charge in [-0.1, -0.05) is 29.8 Å². The van der Waals surface area contributed by atoms with Gasteiger partial charge in [0.15, 0.2) is 0 Å². The summed E-state index contributed by atoms with van der Waals surface area (Å²) in [7, 11) is 0. The molecule has 7 heteroatoms. The maximum absolute atomic E-state index is 13.1. The molecule has 1 heterocycles. The number of nitrogens with one attached hydrogen (secondary N) is 2. The lowest BCUT2D eigenvalue weighted by molar-refractivity contribution is 0.102. The normalized spacial score (nSPS) is 10.4. The summed E-state index contributed by atoms with van der Waals surface area (Å²) in [6, 6.07) is 13.3. The first-order valence-electron chi connectivity index (χ1n) is 7.97. The molecule has 0 radical (unpaired) electrons. The first-order chi connectivity index (χ1) is 12.6. The van der Waals surface area contributed by atoms with Gasteiger partial charge in [-0.25, -0.2) is 14.4 Å². The van der Waals surface area contributed by atoms with Gasteiger partial charge in [-0.15, -0.1) is 0 Å². The zero-order valence-electron chi connectivity index (χ0n) is 13.7. The van der Waals surface area contributed by atoms with Gasteiger partial charge in [-0.3, -0.25) is 4.79 Å². The second-order valence-corrected chi connectivity index (χ2v) is 5.99. The van der Waals surface area contributed by atoms with Crippen molar-refractivity contribution < 1.29 is 9.18 Å². The van der Waals surface area contributed by atoms with E-state index in [4.69, 9.17) is 11.6 Å². The summed E-state index contributed by atoms with van der Waals surface area (Å²) in [5.41, 5.74) is 1.62. The number of halogens is 2. The molecule has 0 aliphatic rings. The number of carbonyl (C=O) groups excluding carboxylic acids is 1. The number of carbonyl (C=O) groups is 1. The van der Waals surface area contributed by atoms with Crippen molar-refractivity contribution in [2.75, 3.05) is 17.2 Å². The minimum atomic E-state index is -0.450. The zero-order valence-corrected chi connectivity index (χ0v) is 14.5. The Labute approximate surface area is 155 Å². The van der Waals surface area contributed by atoms with E-state index < -0.39 is 11.7 Å². The van der Waals surface area contributed by atoms with Gasteiger partial charge in [-0.2, -0.15) is 0 Å². The Bertz CT molecular complexity index is 902. The molecule has 0 unspecified atom stereocenters. The Kier molecular flexibility index (Phi) is 5.76. The first-order valence-corrected chi connectivity index (χ1v) is 8.35. The van der Waals surface area contributed by atoms with Gasteiger partial charge >= 0.3 is 0 Å². The first kappa shape index (κ1) is 17.8. The fraction of sp³-hybridized carbons (Fsp3) is 0.105. The lowest BCUT2D eigenvalue weighted by atomic mass is 10.1. The molecule has 0 atom stereocenters. The summed E-state index contributed by atoms with van der Waals surface area (Å²) in [5, 5.41) is 6.42. The summed E-state index contributed by atoms with van der Waals surface area (Å²) in [5.74, 6) is -0.309. The molecule has 132 valence electrons. The fourth-order valence-corrected chi connectivity index (χ4v) is 2.54. The van der Waals surface area contributed by atoms with E-state index in [1.54, 1.807) is 6.07 Å². The van der Waals surface area contributed by atoms with Crippen LogP contribution in [0.4, 0.5) is 15.9 Å². The summed E-state index contributed by atoms with van der Waals surface area (Å²) in [6.07, 6.45) is 3.64. The summed E-state index contributed by atoms with van der Waals surface area (Å²) in [4.78, 5) is 20.4. The molecule has 1 aromatic heterocycles. The van der Waals surface area contributed by atoms with Crippen molar-refractivity contribution in [2.24, 2.45) is 0 Å². The van der Waals surface area contributed by atoms with Crippen LogP contribution in [-0.2, 0) is 6.42 Å². The van der Waals surface area contributed by atoms with Crippen molar-refractivity contribution in [2.45, 2.75) is 6.42 Å². The molecule has 2 N–H and O–H groups in total. The largest absolute Gasteiger partial charge is 0.368 e. The van der Waals surface area contributed by atoms with Gasteiger partial charge in [0.2, 0.25) is 0 Å². The van der Waals surface area contributed by atoms with Crippen molar-refractivity contribution in [1.82, 2.24) is 9.97 Å². The average molecular weight is 371 g/mol. The van der Waals surface area contributed by atoms with Gasteiger partial charge < -0.3 is 10.6 Å². The molecule has 0 fully saturated rings. The van der Waals surface area contributed by atoms with Crippen molar-refractivity contribution in [1.29, 1.82) is 0 Å². The minimum Gasteiger partial charge on any atom is -0.368 e. The zero-order chi connectivity index (χ0) is 18.4. The van der Waals surface area contributed by atoms with E-state index in [0.29, 0.717) is 23.1 Å². The lowest BCUT2D eigenvalue weighted by Gasteiger charge is -2.07. The molecular formula is C19H16ClFN4O. The Hall–Kier alpha value is -2.99. The Morgan fingerprint density at radius 1 is 1.08 bits per heavy atom. The molecule has 2 aromatic carbocycles. The highest BCUT2D eigenvalue weighted by Gasteiger charge is 2.09. The van der Waals surface area contributed by atoms with Gasteiger partial charge in [0, 0.05) is 17.3 Å². The van der Waals surface area contributed by atoms with Crippen molar-refractivity contribution in [3.8, 4) is 0 Å². The fourth-order valence-electron chi connectivity index (χ4n) is 2.33. The number of aromatic nitrogens is 2. The molecule has 0 saturated carbocycles. The van der Waals surface area contributed by atoms with Crippen LogP contribution in [0.1, 0.15) is 16.1 Å². The second-order valence-electron chi connectivity index (χ2n) is 5.56. The molecule has 1 amide bonds. The van der Waals surface area contributed by atoms with Crippen LogP contribution in [0.5, 0.6) is 0 Å². The van der Waals surface area contributed by atoms with Gasteiger partial charge in [-0.05, 0) is 42.3 Å². The maximum atomic E-state index is 13.1. The average Bonchev–Trinajstić information content (AvgIpc) is 2.62. The van der Waals surface area contributed by atoms with E-state index in [1.807, 2.05) is 24.3 Å². The van der Waals surface area contributed by atoms with Crippen LogP contribution in [-0.4, -0.2) is 22.4 Å². The number of benzene rings is 2. The highest BCUT2D eigenvalue weighted by molar-refractivity contribution is 6.30. The SMILES string of the molecule is O=C(Nc1cccc(F)c1)c1cnc(NCCc2cccc(Cl)c2)cn1. The van der Waals surface area contributed by atoms with Crippen LogP contribution < -0.4 is 10.6 Å². The molecule has 3 aromatic rings. The van der Waals surface area contributed by atoms with Crippen molar-refractivity contribution in [3.63, 3.8) is 0 Å².